The van der Waals surface area contributed by atoms with E-state index >= 15 is 0 Å². The van der Waals surface area contributed by atoms with E-state index in [4.69, 9.17) is 4.74 Å². The van der Waals surface area contributed by atoms with Crippen LogP contribution >= 0.6 is 11.7 Å². The van der Waals surface area contributed by atoms with Crippen molar-refractivity contribution in [1.82, 2.24) is 23.4 Å². The molecule has 2 saturated heterocycles. The zero-order chi connectivity index (χ0) is 19.3. The lowest BCUT2D eigenvalue weighted by Gasteiger charge is -2.36. The van der Waals surface area contributed by atoms with Gasteiger partial charge in [-0.1, -0.05) is 6.07 Å². The molecule has 4 rings (SSSR count). The molecular formula is C18H24N6O3S. The second-order valence-corrected chi connectivity index (χ2v) is 7.56. The van der Waals surface area contributed by atoms with Gasteiger partial charge >= 0.3 is 0 Å². The summed E-state index contributed by atoms with van der Waals surface area (Å²) in [6.45, 7) is 6.48. The Balaban J connectivity index is 1.23. The minimum absolute atomic E-state index is 0.0754. The number of amides is 2. The van der Waals surface area contributed by atoms with Gasteiger partial charge in [-0.3, -0.25) is 19.4 Å². The van der Waals surface area contributed by atoms with Crippen molar-refractivity contribution in [3.8, 4) is 0 Å². The topological polar surface area (TPSA) is 90.9 Å². The monoisotopic (exact) mass is 404 g/mol. The Labute approximate surface area is 167 Å². The molecule has 1 aromatic heterocycles. The summed E-state index contributed by atoms with van der Waals surface area (Å²) in [7, 11) is 0. The molecule has 150 valence electrons. The van der Waals surface area contributed by atoms with Crippen molar-refractivity contribution in [2.75, 3.05) is 70.9 Å². The minimum Gasteiger partial charge on any atom is -0.379 e. The highest BCUT2D eigenvalue weighted by atomic mass is 32.1. The summed E-state index contributed by atoms with van der Waals surface area (Å²) in [6.07, 6.45) is 0. The number of aromatic nitrogens is 2. The molecule has 0 atom stereocenters. The van der Waals surface area contributed by atoms with Crippen LogP contribution in [0.4, 0.5) is 5.69 Å². The van der Waals surface area contributed by atoms with E-state index in [1.807, 2.05) is 23.1 Å². The van der Waals surface area contributed by atoms with E-state index in [1.54, 1.807) is 0 Å². The van der Waals surface area contributed by atoms with Gasteiger partial charge in [-0.25, -0.2) is 0 Å². The summed E-state index contributed by atoms with van der Waals surface area (Å²) in [4.78, 5) is 31.0. The molecule has 0 radical (unpaired) electrons. The predicted octanol–water partition coefficient (Wildman–Crippen LogP) is 0.106. The van der Waals surface area contributed by atoms with Gasteiger partial charge in [-0.05, 0) is 12.1 Å². The van der Waals surface area contributed by atoms with Crippen LogP contribution < -0.4 is 5.32 Å². The summed E-state index contributed by atoms with van der Waals surface area (Å²) in [5.74, 6) is 0.0855. The van der Waals surface area contributed by atoms with Crippen LogP contribution in [0.25, 0.3) is 11.0 Å². The average Bonchev–Trinajstić information content (AvgIpc) is 3.19. The maximum atomic E-state index is 12.5. The first-order chi connectivity index (χ1) is 13.7. The molecule has 0 unspecified atom stereocenters. The molecular weight excluding hydrogens is 380 g/mol. The minimum atomic E-state index is -0.0754. The van der Waals surface area contributed by atoms with E-state index in [0.717, 1.165) is 35.9 Å². The lowest BCUT2D eigenvalue weighted by Crippen LogP contribution is -2.53. The fraction of sp³-hybridized carbons (Fsp3) is 0.556. The number of nitrogens with zero attached hydrogens (tertiary/aromatic N) is 5. The Morgan fingerprint density at radius 2 is 1.75 bits per heavy atom. The van der Waals surface area contributed by atoms with E-state index in [2.05, 4.69) is 23.9 Å². The van der Waals surface area contributed by atoms with Gasteiger partial charge in [-0.2, -0.15) is 8.75 Å². The lowest BCUT2D eigenvalue weighted by molar-refractivity contribution is -0.135. The second kappa shape index (κ2) is 8.91. The zero-order valence-corrected chi connectivity index (χ0v) is 16.5. The van der Waals surface area contributed by atoms with Crippen LogP contribution in [-0.4, -0.2) is 101 Å². The van der Waals surface area contributed by atoms with Crippen molar-refractivity contribution in [3.05, 3.63) is 18.2 Å². The first-order valence-corrected chi connectivity index (χ1v) is 10.2. The first-order valence-electron chi connectivity index (χ1n) is 9.50. The molecule has 0 aliphatic carbocycles. The van der Waals surface area contributed by atoms with Crippen LogP contribution in [0, 0.1) is 0 Å². The summed E-state index contributed by atoms with van der Waals surface area (Å²) in [5, 5.41) is 2.93. The summed E-state index contributed by atoms with van der Waals surface area (Å²) >= 11 is 1.14. The molecule has 3 heterocycles. The van der Waals surface area contributed by atoms with E-state index in [9.17, 15) is 9.59 Å². The number of fused-ring (bicyclic) bond motifs is 1. The fourth-order valence-corrected chi connectivity index (χ4v) is 4.06. The average molecular weight is 404 g/mol. The zero-order valence-electron chi connectivity index (χ0n) is 15.7. The van der Waals surface area contributed by atoms with E-state index in [0.29, 0.717) is 58.2 Å². The van der Waals surface area contributed by atoms with Crippen molar-refractivity contribution in [2.24, 2.45) is 0 Å². The third kappa shape index (κ3) is 4.64. The molecule has 0 spiro atoms. The highest BCUT2D eigenvalue weighted by molar-refractivity contribution is 7.00. The molecule has 2 amide bonds. The molecule has 2 aliphatic heterocycles. The quantitative estimate of drug-likeness (QED) is 0.756. The summed E-state index contributed by atoms with van der Waals surface area (Å²) in [5.41, 5.74) is 2.20. The molecule has 2 fully saturated rings. The molecule has 28 heavy (non-hydrogen) atoms. The van der Waals surface area contributed by atoms with Crippen LogP contribution in [0.15, 0.2) is 18.2 Å². The molecule has 2 aromatic rings. The maximum Gasteiger partial charge on any atom is 0.238 e. The van der Waals surface area contributed by atoms with Gasteiger partial charge in [0.25, 0.3) is 0 Å². The number of morpholine rings is 1. The van der Waals surface area contributed by atoms with Crippen molar-refractivity contribution in [3.63, 3.8) is 0 Å². The third-order valence-corrected chi connectivity index (χ3v) is 5.66. The molecule has 1 N–H and O–H groups in total. The lowest BCUT2D eigenvalue weighted by atomic mass is 10.2. The summed E-state index contributed by atoms with van der Waals surface area (Å²) < 4.78 is 13.8. The number of piperazine rings is 1. The fourth-order valence-electron chi connectivity index (χ4n) is 3.51. The smallest absolute Gasteiger partial charge is 0.238 e. The molecule has 9 nitrogen and oxygen atoms in total. The Hall–Kier alpha value is -2.14. The third-order valence-electron chi connectivity index (χ3n) is 5.11. The SMILES string of the molecule is O=C(CN1CCN(C(=O)CN2CCOCC2)CC1)Nc1cccc2nsnc12. The molecule has 0 saturated carbocycles. The number of ether oxygens (including phenoxy) is 1. The van der Waals surface area contributed by atoms with Gasteiger partial charge in [0.15, 0.2) is 0 Å². The number of hydrogen-bond acceptors (Lipinski definition) is 8. The van der Waals surface area contributed by atoms with E-state index in [1.165, 1.54) is 0 Å². The van der Waals surface area contributed by atoms with Crippen molar-refractivity contribution >= 4 is 40.3 Å². The maximum absolute atomic E-state index is 12.5. The van der Waals surface area contributed by atoms with Gasteiger partial charge < -0.3 is 15.0 Å². The van der Waals surface area contributed by atoms with Gasteiger partial charge in [0.1, 0.15) is 11.0 Å². The van der Waals surface area contributed by atoms with Crippen LogP contribution in [0.2, 0.25) is 0 Å². The number of carbonyl (C=O) groups is 2. The van der Waals surface area contributed by atoms with Gasteiger partial charge in [0.05, 0.1) is 43.7 Å². The number of hydrogen-bond donors (Lipinski definition) is 1. The number of anilines is 1. The van der Waals surface area contributed by atoms with Crippen molar-refractivity contribution in [1.29, 1.82) is 0 Å². The number of nitrogens with one attached hydrogen (secondary N) is 1. The molecule has 2 aliphatic rings. The molecule has 1 aromatic carbocycles. The van der Waals surface area contributed by atoms with Gasteiger partial charge in [0.2, 0.25) is 11.8 Å². The van der Waals surface area contributed by atoms with Crippen molar-refractivity contribution < 1.29 is 14.3 Å². The van der Waals surface area contributed by atoms with E-state index in [-0.39, 0.29) is 11.8 Å². The van der Waals surface area contributed by atoms with Crippen LogP contribution in [0.5, 0.6) is 0 Å². The Morgan fingerprint density at radius 1 is 1.00 bits per heavy atom. The van der Waals surface area contributed by atoms with E-state index < -0.39 is 0 Å². The number of carbonyl (C=O) groups excluding carboxylic acids is 2. The van der Waals surface area contributed by atoms with Gasteiger partial charge in [0, 0.05) is 39.3 Å². The number of rotatable bonds is 5. The highest BCUT2D eigenvalue weighted by Gasteiger charge is 2.24. The Morgan fingerprint density at radius 3 is 2.54 bits per heavy atom. The molecule has 0 bridgehead atoms. The highest BCUT2D eigenvalue weighted by Crippen LogP contribution is 2.21. The predicted molar refractivity (Wildman–Crippen MR) is 106 cm³/mol. The Kier molecular flexibility index (Phi) is 6.10. The largest absolute Gasteiger partial charge is 0.379 e. The normalized spacial score (nSPS) is 19.1. The van der Waals surface area contributed by atoms with Crippen LogP contribution in [-0.2, 0) is 14.3 Å². The number of benzene rings is 1. The first kappa shape index (κ1) is 19.2. The Bertz CT molecular complexity index is 830. The second-order valence-electron chi connectivity index (χ2n) is 7.03. The summed E-state index contributed by atoms with van der Waals surface area (Å²) in [6, 6.07) is 5.57. The molecule has 10 heteroatoms. The van der Waals surface area contributed by atoms with Gasteiger partial charge in [-0.15, -0.1) is 0 Å². The van der Waals surface area contributed by atoms with Crippen LogP contribution in [0.3, 0.4) is 0 Å². The van der Waals surface area contributed by atoms with Crippen molar-refractivity contribution in [2.45, 2.75) is 0 Å². The standard InChI is InChI=1S/C18H24N6O3S/c25-16(19-14-2-1-3-15-18(14)21-28-20-15)12-22-4-6-24(7-5-22)17(26)13-23-8-10-27-11-9-23/h1-3H,4-13H2,(H,19,25). The van der Waals surface area contributed by atoms with Crippen LogP contribution in [0.1, 0.15) is 0 Å².